The average Bonchev–Trinajstić information content (AvgIpc) is 3.32. The van der Waals surface area contributed by atoms with Gasteiger partial charge in [-0.25, -0.2) is 9.37 Å². The first-order valence-corrected chi connectivity index (χ1v) is 9.80. The molecule has 8 heteroatoms. The Balaban J connectivity index is 1.41. The number of rotatable bonds is 3. The molecule has 1 aliphatic rings. The van der Waals surface area contributed by atoms with E-state index in [1.54, 1.807) is 23.6 Å². The molecule has 0 bridgehead atoms. The summed E-state index contributed by atoms with van der Waals surface area (Å²) in [5, 5.41) is 4.43. The van der Waals surface area contributed by atoms with E-state index in [-0.39, 0.29) is 11.7 Å². The summed E-state index contributed by atoms with van der Waals surface area (Å²) < 4.78 is 19.9. The Kier molecular flexibility index (Phi) is 4.22. The zero-order valence-electron chi connectivity index (χ0n) is 14.9. The highest BCUT2D eigenvalue weighted by Crippen LogP contribution is 2.31. The lowest BCUT2D eigenvalue weighted by atomic mass is 10.1. The Morgan fingerprint density at radius 3 is 2.93 bits per heavy atom. The van der Waals surface area contributed by atoms with E-state index in [0.29, 0.717) is 29.9 Å². The predicted octanol–water partition coefficient (Wildman–Crippen LogP) is 4.01. The number of amides is 1. The van der Waals surface area contributed by atoms with Crippen LogP contribution in [0.15, 0.2) is 42.6 Å². The van der Waals surface area contributed by atoms with Crippen molar-refractivity contribution in [2.45, 2.75) is 0 Å². The van der Waals surface area contributed by atoms with Crippen LogP contribution in [0, 0.1) is 5.82 Å². The van der Waals surface area contributed by atoms with E-state index in [4.69, 9.17) is 4.74 Å². The summed E-state index contributed by atoms with van der Waals surface area (Å²) in [5.41, 5.74) is 2.71. The first kappa shape index (κ1) is 17.2. The van der Waals surface area contributed by atoms with E-state index in [0.717, 1.165) is 34.0 Å². The van der Waals surface area contributed by atoms with Crippen LogP contribution >= 0.6 is 11.3 Å². The van der Waals surface area contributed by atoms with Gasteiger partial charge in [-0.3, -0.25) is 4.79 Å². The number of carbonyl (C=O) groups is 1. The minimum absolute atomic E-state index is 0.283. The first-order chi connectivity index (χ1) is 13.7. The van der Waals surface area contributed by atoms with E-state index in [9.17, 15) is 9.18 Å². The molecule has 0 atom stereocenters. The van der Waals surface area contributed by atoms with Crippen LogP contribution in [0.1, 0.15) is 10.4 Å². The summed E-state index contributed by atoms with van der Waals surface area (Å²) in [4.78, 5) is 22.6. The highest BCUT2D eigenvalue weighted by atomic mass is 32.1. The molecule has 2 N–H and O–H groups in total. The number of fused-ring (bicyclic) bond motifs is 2. The van der Waals surface area contributed by atoms with Crippen LogP contribution in [0.5, 0.6) is 0 Å². The molecular formula is C20H17FN4O2S. The molecule has 1 amide bonds. The normalized spacial score (nSPS) is 14.7. The third-order valence-electron chi connectivity index (χ3n) is 4.81. The fraction of sp³-hybridized carbons (Fsp3) is 0.200. The van der Waals surface area contributed by atoms with Crippen LogP contribution in [0.3, 0.4) is 0 Å². The van der Waals surface area contributed by atoms with E-state index in [1.165, 1.54) is 12.1 Å². The Labute approximate surface area is 163 Å². The number of nitrogens with zero attached hydrogens (tertiary/aromatic N) is 2. The van der Waals surface area contributed by atoms with Crippen molar-refractivity contribution in [1.29, 1.82) is 0 Å². The maximum Gasteiger partial charge on any atom is 0.257 e. The number of ether oxygens (including phenoxy) is 1. The van der Waals surface area contributed by atoms with Gasteiger partial charge in [0.05, 0.1) is 29.0 Å². The second-order valence-electron chi connectivity index (χ2n) is 6.62. The minimum Gasteiger partial charge on any atom is -0.378 e. The molecule has 2 aromatic heterocycles. The summed E-state index contributed by atoms with van der Waals surface area (Å²) in [5.74, 6) is -0.656. The van der Waals surface area contributed by atoms with Crippen molar-refractivity contribution in [3.8, 4) is 0 Å². The van der Waals surface area contributed by atoms with Gasteiger partial charge in [0.15, 0.2) is 5.13 Å². The number of aromatic nitrogens is 2. The van der Waals surface area contributed by atoms with Crippen LogP contribution in [0.25, 0.3) is 21.1 Å². The maximum atomic E-state index is 13.6. The second-order valence-corrected chi connectivity index (χ2v) is 7.63. The molecule has 28 heavy (non-hydrogen) atoms. The van der Waals surface area contributed by atoms with Gasteiger partial charge in [-0.1, -0.05) is 11.3 Å². The fourth-order valence-corrected chi connectivity index (χ4v) is 4.42. The molecule has 0 aliphatic carbocycles. The van der Waals surface area contributed by atoms with E-state index in [1.807, 2.05) is 18.2 Å². The number of morpholine rings is 1. The standard InChI is InChI=1S/C20H17FN4O2S/c21-12-1-3-16-14(9-12)15(11-22-16)19(26)23-13-2-4-17-18(10-13)28-20(24-17)25-5-7-27-8-6-25/h1-4,9-11,22H,5-8H2,(H,23,26). The summed E-state index contributed by atoms with van der Waals surface area (Å²) in [7, 11) is 0. The molecule has 1 fully saturated rings. The summed E-state index contributed by atoms with van der Waals surface area (Å²) >= 11 is 1.60. The second kappa shape index (κ2) is 6.88. The largest absolute Gasteiger partial charge is 0.378 e. The van der Waals surface area contributed by atoms with Crippen LogP contribution < -0.4 is 10.2 Å². The van der Waals surface area contributed by atoms with Gasteiger partial charge < -0.3 is 19.9 Å². The van der Waals surface area contributed by atoms with Gasteiger partial charge in [0, 0.05) is 35.9 Å². The molecule has 1 saturated heterocycles. The van der Waals surface area contributed by atoms with Gasteiger partial charge in [0.1, 0.15) is 5.82 Å². The van der Waals surface area contributed by atoms with E-state index < -0.39 is 0 Å². The number of anilines is 2. The number of hydrogen-bond acceptors (Lipinski definition) is 5. The van der Waals surface area contributed by atoms with Gasteiger partial charge in [0.25, 0.3) is 5.91 Å². The van der Waals surface area contributed by atoms with Crippen LogP contribution in [0.2, 0.25) is 0 Å². The smallest absolute Gasteiger partial charge is 0.257 e. The van der Waals surface area contributed by atoms with Crippen molar-refractivity contribution in [2.75, 3.05) is 36.5 Å². The number of benzene rings is 2. The zero-order chi connectivity index (χ0) is 19.1. The van der Waals surface area contributed by atoms with Crippen molar-refractivity contribution < 1.29 is 13.9 Å². The molecule has 0 radical (unpaired) electrons. The Bertz CT molecular complexity index is 1180. The summed E-state index contributed by atoms with van der Waals surface area (Å²) in [6.07, 6.45) is 1.60. The monoisotopic (exact) mass is 396 g/mol. The van der Waals surface area contributed by atoms with Crippen LogP contribution in [0.4, 0.5) is 15.2 Å². The lowest BCUT2D eigenvalue weighted by molar-refractivity contribution is 0.102. The SMILES string of the molecule is O=C(Nc1ccc2nc(N3CCOCC3)sc2c1)c1c[nH]c2ccc(F)cc12. The van der Waals surface area contributed by atoms with Gasteiger partial charge >= 0.3 is 0 Å². The molecule has 0 saturated carbocycles. The van der Waals surface area contributed by atoms with Crippen molar-refractivity contribution in [3.63, 3.8) is 0 Å². The molecule has 0 spiro atoms. The van der Waals surface area contributed by atoms with Crippen molar-refractivity contribution in [1.82, 2.24) is 9.97 Å². The number of halogens is 1. The molecule has 2 aromatic carbocycles. The first-order valence-electron chi connectivity index (χ1n) is 8.99. The minimum atomic E-state index is -0.372. The fourth-order valence-electron chi connectivity index (χ4n) is 3.36. The van der Waals surface area contributed by atoms with Gasteiger partial charge in [0.2, 0.25) is 0 Å². The Hall–Kier alpha value is -2.97. The van der Waals surface area contributed by atoms with E-state index >= 15 is 0 Å². The Morgan fingerprint density at radius 1 is 1.21 bits per heavy atom. The predicted molar refractivity (Wildman–Crippen MR) is 109 cm³/mol. The van der Waals surface area contributed by atoms with Gasteiger partial charge in [-0.15, -0.1) is 0 Å². The van der Waals surface area contributed by atoms with Crippen LogP contribution in [-0.2, 0) is 4.74 Å². The summed E-state index contributed by atoms with van der Waals surface area (Å²) in [6, 6.07) is 10.0. The molecule has 142 valence electrons. The molecule has 5 rings (SSSR count). The lowest BCUT2D eigenvalue weighted by Crippen LogP contribution is -2.36. The molecule has 3 heterocycles. The van der Waals surface area contributed by atoms with Crippen LogP contribution in [-0.4, -0.2) is 42.2 Å². The number of hydrogen-bond donors (Lipinski definition) is 2. The molecule has 0 unspecified atom stereocenters. The molecule has 6 nitrogen and oxygen atoms in total. The van der Waals surface area contributed by atoms with Crippen molar-refractivity contribution in [3.05, 3.63) is 54.0 Å². The highest BCUT2D eigenvalue weighted by molar-refractivity contribution is 7.22. The zero-order valence-corrected chi connectivity index (χ0v) is 15.7. The molecule has 4 aromatic rings. The molecule has 1 aliphatic heterocycles. The lowest BCUT2D eigenvalue weighted by Gasteiger charge is -2.25. The van der Waals surface area contributed by atoms with Gasteiger partial charge in [-0.2, -0.15) is 0 Å². The van der Waals surface area contributed by atoms with Gasteiger partial charge in [-0.05, 0) is 36.4 Å². The summed E-state index contributed by atoms with van der Waals surface area (Å²) in [6.45, 7) is 3.09. The highest BCUT2D eigenvalue weighted by Gasteiger charge is 2.17. The third kappa shape index (κ3) is 3.10. The quantitative estimate of drug-likeness (QED) is 0.549. The van der Waals surface area contributed by atoms with Crippen molar-refractivity contribution >= 4 is 49.2 Å². The molecular weight excluding hydrogens is 379 g/mol. The number of thiazole rings is 1. The maximum absolute atomic E-state index is 13.6. The topological polar surface area (TPSA) is 70.2 Å². The third-order valence-corrected chi connectivity index (χ3v) is 5.88. The number of carbonyl (C=O) groups excluding carboxylic acids is 1. The Morgan fingerprint density at radius 2 is 2.07 bits per heavy atom. The number of H-pyrrole nitrogens is 1. The number of aromatic amines is 1. The van der Waals surface area contributed by atoms with E-state index in [2.05, 4.69) is 20.2 Å². The average molecular weight is 396 g/mol. The number of nitrogens with one attached hydrogen (secondary N) is 2. The van der Waals surface area contributed by atoms with Crippen molar-refractivity contribution in [2.24, 2.45) is 0 Å².